The summed E-state index contributed by atoms with van der Waals surface area (Å²) in [7, 11) is 0. The van der Waals surface area contributed by atoms with E-state index in [9.17, 15) is 0 Å². The van der Waals surface area contributed by atoms with Gasteiger partial charge >= 0.3 is 0 Å². The summed E-state index contributed by atoms with van der Waals surface area (Å²) >= 11 is 0. The van der Waals surface area contributed by atoms with Crippen LogP contribution < -0.4 is 4.90 Å². The van der Waals surface area contributed by atoms with E-state index in [1.165, 1.54) is 27.8 Å². The van der Waals surface area contributed by atoms with Crippen LogP contribution in [0.5, 0.6) is 0 Å². The van der Waals surface area contributed by atoms with Crippen LogP contribution in [0.4, 0.5) is 17.1 Å². The molecule has 8 aromatic rings. The highest BCUT2D eigenvalue weighted by atomic mass is 15.2. The first-order valence-corrected chi connectivity index (χ1v) is 15.6. The second-order valence-corrected chi connectivity index (χ2v) is 11.7. The molecule has 0 N–H and O–H groups in total. The zero-order chi connectivity index (χ0) is 30.5. The first kappa shape index (κ1) is 26.2. The van der Waals surface area contributed by atoms with Crippen molar-refractivity contribution in [3.05, 3.63) is 176 Å². The maximum Gasteiger partial charge on any atom is 0.145 e. The molecule has 1 aliphatic rings. The molecule has 0 bridgehead atoms. The molecule has 0 radical (unpaired) electrons. The summed E-state index contributed by atoms with van der Waals surface area (Å²) in [5, 5.41) is 0. The summed E-state index contributed by atoms with van der Waals surface area (Å²) in [5.74, 6) is 0.946. The molecule has 3 nitrogen and oxygen atoms in total. The van der Waals surface area contributed by atoms with Crippen LogP contribution in [0.15, 0.2) is 176 Å². The molecule has 0 aliphatic carbocycles. The van der Waals surface area contributed by atoms with Crippen LogP contribution in [0.25, 0.3) is 61.5 Å². The first-order chi connectivity index (χ1) is 22.8. The van der Waals surface area contributed by atoms with Gasteiger partial charge < -0.3 is 4.90 Å². The molecule has 216 valence electrons. The number of nitrogens with zero attached hydrogens (tertiary/aromatic N) is 3. The molecule has 0 saturated carbocycles. The second-order valence-electron chi connectivity index (χ2n) is 11.7. The summed E-state index contributed by atoms with van der Waals surface area (Å²) < 4.78 is 2.34. The van der Waals surface area contributed by atoms with Crippen LogP contribution in [0, 0.1) is 0 Å². The molecule has 0 spiro atoms. The van der Waals surface area contributed by atoms with Gasteiger partial charge in [-0.25, -0.2) is 4.98 Å². The number of fused-ring (bicyclic) bond motifs is 2. The van der Waals surface area contributed by atoms with Crippen LogP contribution in [0.1, 0.15) is 0 Å². The van der Waals surface area contributed by atoms with Crippen molar-refractivity contribution >= 4 is 28.1 Å². The van der Waals surface area contributed by atoms with Crippen LogP contribution in [0.3, 0.4) is 0 Å². The molecule has 1 aliphatic heterocycles. The van der Waals surface area contributed by atoms with Crippen LogP contribution in [0.2, 0.25) is 0 Å². The minimum absolute atomic E-state index is 0.946. The summed E-state index contributed by atoms with van der Waals surface area (Å²) in [6.45, 7) is 0. The monoisotopic (exact) mass is 587 g/mol. The Hall–Kier alpha value is -6.19. The lowest BCUT2D eigenvalue weighted by Gasteiger charge is -2.33. The standard InChI is InChI=1S/C43H29N3/c1-5-14-30(15-6-1)34-26-35(31-16-7-2-8-17-31)28-36(27-34)33-24-25-39-41(29-33)45(37-20-11-4-12-21-37)40-23-13-22-38-42(40)46(39)43(44-38)32-18-9-3-10-19-32/h1-29H. The van der Waals surface area contributed by atoms with Crippen LogP contribution in [-0.4, -0.2) is 9.55 Å². The molecular weight excluding hydrogens is 558 g/mol. The Morgan fingerprint density at radius 3 is 1.50 bits per heavy atom. The Balaban J connectivity index is 1.30. The predicted octanol–water partition coefficient (Wildman–Crippen LogP) is 11.5. The summed E-state index contributed by atoms with van der Waals surface area (Å²) in [6.07, 6.45) is 0. The Bertz CT molecular complexity index is 2280. The number of benzene rings is 7. The van der Waals surface area contributed by atoms with Gasteiger partial charge in [0.15, 0.2) is 0 Å². The maximum atomic E-state index is 5.19. The molecule has 7 aromatic carbocycles. The maximum absolute atomic E-state index is 5.19. The van der Waals surface area contributed by atoms with E-state index in [4.69, 9.17) is 4.98 Å². The highest BCUT2D eigenvalue weighted by Crippen LogP contribution is 2.49. The van der Waals surface area contributed by atoms with Crippen LogP contribution in [-0.2, 0) is 0 Å². The number of aromatic nitrogens is 2. The van der Waals surface area contributed by atoms with Crippen molar-refractivity contribution in [2.75, 3.05) is 4.90 Å². The minimum atomic E-state index is 0.946. The van der Waals surface area contributed by atoms with Gasteiger partial charge in [0.1, 0.15) is 5.82 Å². The highest BCUT2D eigenvalue weighted by molar-refractivity contribution is 6.03. The number of imidazole rings is 1. The number of rotatable bonds is 5. The molecule has 3 heteroatoms. The van der Waals surface area contributed by atoms with E-state index in [1.54, 1.807) is 0 Å². The van der Waals surface area contributed by atoms with Gasteiger partial charge in [-0.05, 0) is 88.0 Å². The van der Waals surface area contributed by atoms with Crippen LogP contribution >= 0.6 is 0 Å². The lowest BCUT2D eigenvalue weighted by molar-refractivity contribution is 1.06. The van der Waals surface area contributed by atoms with Gasteiger partial charge in [0.25, 0.3) is 0 Å². The van der Waals surface area contributed by atoms with E-state index < -0.39 is 0 Å². The predicted molar refractivity (Wildman–Crippen MR) is 191 cm³/mol. The molecular formula is C43H29N3. The van der Waals surface area contributed by atoms with E-state index in [0.29, 0.717) is 0 Å². The average Bonchev–Trinajstić information content (AvgIpc) is 3.54. The molecule has 0 saturated heterocycles. The molecule has 0 atom stereocenters. The molecule has 9 rings (SSSR count). The van der Waals surface area contributed by atoms with Crippen molar-refractivity contribution in [1.29, 1.82) is 0 Å². The Labute approximate surface area is 268 Å². The molecule has 1 aromatic heterocycles. The lowest BCUT2D eigenvalue weighted by atomic mass is 9.92. The fourth-order valence-corrected chi connectivity index (χ4v) is 6.75. The highest BCUT2D eigenvalue weighted by Gasteiger charge is 2.29. The summed E-state index contributed by atoms with van der Waals surface area (Å²) in [4.78, 5) is 7.57. The van der Waals surface area contributed by atoms with E-state index in [2.05, 4.69) is 185 Å². The zero-order valence-electron chi connectivity index (χ0n) is 25.1. The number of hydrogen-bond donors (Lipinski definition) is 0. The van der Waals surface area contributed by atoms with Crippen molar-refractivity contribution < 1.29 is 0 Å². The van der Waals surface area contributed by atoms with Crippen molar-refractivity contribution in [3.8, 4) is 50.5 Å². The van der Waals surface area contributed by atoms with Gasteiger partial charge in [0.05, 0.1) is 28.1 Å². The Kier molecular flexibility index (Phi) is 6.14. The fraction of sp³-hybridized carbons (Fsp3) is 0. The van der Waals surface area contributed by atoms with Crippen molar-refractivity contribution in [3.63, 3.8) is 0 Å². The molecule has 0 fully saturated rings. The van der Waals surface area contributed by atoms with Gasteiger partial charge in [-0.15, -0.1) is 0 Å². The molecule has 2 heterocycles. The van der Waals surface area contributed by atoms with E-state index in [-0.39, 0.29) is 0 Å². The van der Waals surface area contributed by atoms with Gasteiger partial charge in [-0.1, -0.05) is 121 Å². The van der Waals surface area contributed by atoms with Crippen molar-refractivity contribution in [2.45, 2.75) is 0 Å². The van der Waals surface area contributed by atoms with Gasteiger partial charge in [0.2, 0.25) is 0 Å². The topological polar surface area (TPSA) is 21.1 Å². The van der Waals surface area contributed by atoms with Crippen molar-refractivity contribution in [1.82, 2.24) is 9.55 Å². The van der Waals surface area contributed by atoms with E-state index in [1.807, 2.05) is 0 Å². The molecule has 0 unspecified atom stereocenters. The van der Waals surface area contributed by atoms with Crippen molar-refractivity contribution in [2.24, 2.45) is 0 Å². The molecule has 0 amide bonds. The smallest absolute Gasteiger partial charge is 0.145 e. The largest absolute Gasteiger partial charge is 0.306 e. The summed E-state index contributed by atoms with van der Waals surface area (Å²) in [5.41, 5.74) is 14.8. The minimum Gasteiger partial charge on any atom is -0.306 e. The summed E-state index contributed by atoms with van der Waals surface area (Å²) in [6, 6.07) is 62.7. The lowest BCUT2D eigenvalue weighted by Crippen LogP contribution is -2.18. The quantitative estimate of drug-likeness (QED) is 0.200. The van der Waals surface area contributed by atoms with E-state index in [0.717, 1.165) is 50.7 Å². The number of hydrogen-bond acceptors (Lipinski definition) is 2. The number of para-hydroxylation sites is 2. The SMILES string of the molecule is c1ccc(-c2cc(-c3ccccc3)cc(-c3ccc4c(c3)N(c3ccccc3)c3cccc5nc(-c6ccccc6)n-4c35)c2)cc1. The third-order valence-corrected chi connectivity index (χ3v) is 8.88. The second kappa shape index (κ2) is 10.8. The third kappa shape index (κ3) is 4.33. The average molecular weight is 588 g/mol. The van der Waals surface area contributed by atoms with Gasteiger partial charge in [0, 0.05) is 11.3 Å². The number of anilines is 3. The fourth-order valence-electron chi connectivity index (χ4n) is 6.75. The normalized spacial score (nSPS) is 11.9. The van der Waals surface area contributed by atoms with Gasteiger partial charge in [-0.3, -0.25) is 4.57 Å². The third-order valence-electron chi connectivity index (χ3n) is 8.88. The van der Waals surface area contributed by atoms with E-state index >= 15 is 0 Å². The van der Waals surface area contributed by atoms with Gasteiger partial charge in [-0.2, -0.15) is 0 Å². The Morgan fingerprint density at radius 1 is 0.348 bits per heavy atom. The zero-order valence-corrected chi connectivity index (χ0v) is 25.1. The Morgan fingerprint density at radius 2 is 0.891 bits per heavy atom. The molecule has 46 heavy (non-hydrogen) atoms. The first-order valence-electron chi connectivity index (χ1n) is 15.6.